The summed E-state index contributed by atoms with van der Waals surface area (Å²) < 4.78 is 13.4. The Bertz CT molecular complexity index is 762. The van der Waals surface area contributed by atoms with Crippen LogP contribution >= 0.6 is 11.3 Å². The minimum Gasteiger partial charge on any atom is -0.355 e. The fourth-order valence-electron chi connectivity index (χ4n) is 2.52. The Hall–Kier alpha value is -2.35. The molecule has 0 saturated heterocycles. The van der Waals surface area contributed by atoms with Gasteiger partial charge in [-0.25, -0.2) is 4.39 Å². The number of aromatic nitrogens is 2. The molecule has 0 saturated carbocycles. The number of fused-ring (bicyclic) bond motifs is 1. The van der Waals surface area contributed by atoms with Gasteiger partial charge in [-0.1, -0.05) is 0 Å². The minimum absolute atomic E-state index is 0.0141. The van der Waals surface area contributed by atoms with Crippen molar-refractivity contribution in [1.82, 2.24) is 15.5 Å². The molecule has 1 aliphatic heterocycles. The highest BCUT2D eigenvalue weighted by Gasteiger charge is 2.30. The summed E-state index contributed by atoms with van der Waals surface area (Å²) in [5, 5.41) is 15.1. The Morgan fingerprint density at radius 1 is 1.48 bits per heavy atom. The largest absolute Gasteiger partial charge is 0.355 e. The molecule has 1 aromatic heterocycles. The first-order valence-electron chi connectivity index (χ1n) is 7.19. The molecule has 1 aliphatic rings. The lowest BCUT2D eigenvalue weighted by Gasteiger charge is -2.24. The number of hydrogen-bond donors (Lipinski definition) is 2. The molecule has 2 aromatic rings. The van der Waals surface area contributed by atoms with Crippen LogP contribution in [0.2, 0.25) is 0 Å². The maximum atomic E-state index is 13.4. The average molecular weight is 334 g/mol. The fraction of sp³-hybridized carbons (Fsp3) is 0.333. The second-order valence-electron chi connectivity index (χ2n) is 5.29. The van der Waals surface area contributed by atoms with E-state index in [-0.39, 0.29) is 18.2 Å². The van der Waals surface area contributed by atoms with Crippen molar-refractivity contribution in [3.8, 4) is 0 Å². The molecule has 3 rings (SSSR count). The van der Waals surface area contributed by atoms with Gasteiger partial charge >= 0.3 is 0 Å². The van der Waals surface area contributed by atoms with E-state index in [1.54, 1.807) is 0 Å². The number of benzene rings is 1. The van der Waals surface area contributed by atoms with Crippen molar-refractivity contribution in [1.29, 1.82) is 0 Å². The molecule has 2 amide bonds. The van der Waals surface area contributed by atoms with E-state index < -0.39 is 11.7 Å². The van der Waals surface area contributed by atoms with Crippen molar-refractivity contribution in [3.63, 3.8) is 0 Å². The monoisotopic (exact) mass is 334 g/mol. The molecule has 1 aromatic carbocycles. The van der Waals surface area contributed by atoms with Gasteiger partial charge in [0.15, 0.2) is 0 Å². The summed E-state index contributed by atoms with van der Waals surface area (Å²) in [7, 11) is 0. The lowest BCUT2D eigenvalue weighted by Crippen LogP contribution is -2.36. The number of anilines is 1. The Morgan fingerprint density at radius 3 is 3.04 bits per heavy atom. The van der Waals surface area contributed by atoms with Crippen LogP contribution in [0.3, 0.4) is 0 Å². The van der Waals surface area contributed by atoms with Crippen LogP contribution in [0.5, 0.6) is 0 Å². The number of carbonyl (C=O) groups is 2. The van der Waals surface area contributed by atoms with Gasteiger partial charge in [-0.05, 0) is 30.7 Å². The lowest BCUT2D eigenvalue weighted by atomic mass is 9.89. The molecular formula is C15H15FN4O2S. The van der Waals surface area contributed by atoms with Crippen molar-refractivity contribution in [3.05, 3.63) is 39.6 Å². The van der Waals surface area contributed by atoms with Crippen molar-refractivity contribution in [2.45, 2.75) is 25.7 Å². The van der Waals surface area contributed by atoms with Crippen LogP contribution in [0.15, 0.2) is 18.2 Å². The molecule has 0 radical (unpaired) electrons. The van der Waals surface area contributed by atoms with Crippen molar-refractivity contribution in [2.75, 3.05) is 11.9 Å². The molecule has 2 heterocycles. The van der Waals surface area contributed by atoms with Gasteiger partial charge in [-0.3, -0.25) is 9.59 Å². The summed E-state index contributed by atoms with van der Waals surface area (Å²) in [6.07, 6.45) is 0.590. The van der Waals surface area contributed by atoms with Crippen LogP contribution < -0.4 is 10.6 Å². The van der Waals surface area contributed by atoms with Gasteiger partial charge in [0.25, 0.3) is 0 Å². The van der Waals surface area contributed by atoms with E-state index in [1.807, 2.05) is 6.92 Å². The highest BCUT2D eigenvalue weighted by Crippen LogP contribution is 2.32. The molecule has 0 aliphatic carbocycles. The molecular weight excluding hydrogens is 319 g/mol. The predicted molar refractivity (Wildman–Crippen MR) is 83.7 cm³/mol. The predicted octanol–water partition coefficient (Wildman–Crippen LogP) is 1.77. The SMILES string of the molecule is Cc1nnc(CCNC(=O)[C@@H]2CC(=O)Nc3ccc(F)cc32)s1. The highest BCUT2D eigenvalue weighted by molar-refractivity contribution is 7.11. The third-order valence-corrected chi connectivity index (χ3v) is 4.47. The normalized spacial score (nSPS) is 16.6. The average Bonchev–Trinajstić information content (AvgIpc) is 2.92. The molecule has 120 valence electrons. The molecule has 0 fully saturated rings. The second-order valence-corrected chi connectivity index (χ2v) is 6.56. The molecule has 0 unspecified atom stereocenters. The van der Waals surface area contributed by atoms with Gasteiger partial charge in [-0.15, -0.1) is 21.5 Å². The maximum Gasteiger partial charge on any atom is 0.228 e. The van der Waals surface area contributed by atoms with Gasteiger partial charge in [0, 0.05) is 25.1 Å². The summed E-state index contributed by atoms with van der Waals surface area (Å²) in [5.41, 5.74) is 0.997. The van der Waals surface area contributed by atoms with Crippen molar-refractivity contribution < 1.29 is 14.0 Å². The number of nitrogens with zero attached hydrogens (tertiary/aromatic N) is 2. The number of rotatable bonds is 4. The minimum atomic E-state index is -0.675. The fourth-order valence-corrected chi connectivity index (χ4v) is 3.23. The molecule has 0 bridgehead atoms. The summed E-state index contributed by atoms with van der Waals surface area (Å²) >= 11 is 1.48. The first-order chi connectivity index (χ1) is 11.0. The Morgan fingerprint density at radius 2 is 2.30 bits per heavy atom. The standard InChI is InChI=1S/C15H15FN4O2S/c1-8-19-20-14(23-8)4-5-17-15(22)11-7-13(21)18-12-3-2-9(16)6-10(11)12/h2-3,6,11H,4-5,7H2,1H3,(H,17,22)(H,18,21)/t11-/m1/s1. The summed E-state index contributed by atoms with van der Waals surface area (Å²) in [4.78, 5) is 24.1. The van der Waals surface area contributed by atoms with E-state index in [4.69, 9.17) is 0 Å². The Balaban J connectivity index is 1.67. The Labute approximate surface area is 136 Å². The van der Waals surface area contributed by atoms with Gasteiger partial charge in [0.1, 0.15) is 15.8 Å². The third kappa shape index (κ3) is 3.53. The molecule has 1 atom stereocenters. The van der Waals surface area contributed by atoms with Gasteiger partial charge in [0.2, 0.25) is 11.8 Å². The number of amides is 2. The molecule has 6 nitrogen and oxygen atoms in total. The van der Waals surface area contributed by atoms with Crippen LogP contribution in [-0.2, 0) is 16.0 Å². The van der Waals surface area contributed by atoms with Crippen molar-refractivity contribution >= 4 is 28.8 Å². The number of aryl methyl sites for hydroxylation is 1. The van der Waals surface area contributed by atoms with Crippen LogP contribution in [0.4, 0.5) is 10.1 Å². The number of carbonyl (C=O) groups excluding carboxylic acids is 2. The Kier molecular flexibility index (Phi) is 4.33. The maximum absolute atomic E-state index is 13.4. The van der Waals surface area contributed by atoms with Crippen LogP contribution in [0.1, 0.15) is 27.9 Å². The van der Waals surface area contributed by atoms with E-state index in [2.05, 4.69) is 20.8 Å². The quantitative estimate of drug-likeness (QED) is 0.892. The van der Waals surface area contributed by atoms with Crippen LogP contribution in [0, 0.1) is 12.7 Å². The zero-order valence-corrected chi connectivity index (χ0v) is 13.2. The third-order valence-electron chi connectivity index (χ3n) is 3.58. The highest BCUT2D eigenvalue weighted by atomic mass is 32.1. The van der Waals surface area contributed by atoms with Gasteiger partial charge in [-0.2, -0.15) is 0 Å². The molecule has 23 heavy (non-hydrogen) atoms. The first-order valence-corrected chi connectivity index (χ1v) is 8.00. The number of halogens is 1. The zero-order valence-electron chi connectivity index (χ0n) is 12.4. The molecule has 2 N–H and O–H groups in total. The van der Waals surface area contributed by atoms with E-state index >= 15 is 0 Å². The van der Waals surface area contributed by atoms with Crippen LogP contribution in [-0.4, -0.2) is 28.6 Å². The zero-order chi connectivity index (χ0) is 16.4. The topological polar surface area (TPSA) is 84.0 Å². The van der Waals surface area contributed by atoms with E-state index in [0.29, 0.717) is 24.2 Å². The smallest absolute Gasteiger partial charge is 0.228 e. The summed E-state index contributed by atoms with van der Waals surface area (Å²) in [6.45, 7) is 2.27. The van der Waals surface area contributed by atoms with E-state index in [0.717, 1.165) is 10.0 Å². The van der Waals surface area contributed by atoms with Crippen molar-refractivity contribution in [2.24, 2.45) is 0 Å². The molecule has 8 heteroatoms. The lowest BCUT2D eigenvalue weighted by molar-refractivity contribution is -0.126. The summed E-state index contributed by atoms with van der Waals surface area (Å²) in [6, 6.07) is 4.04. The summed E-state index contributed by atoms with van der Waals surface area (Å²) in [5.74, 6) is -1.63. The van der Waals surface area contributed by atoms with Crippen LogP contribution in [0.25, 0.3) is 0 Å². The van der Waals surface area contributed by atoms with E-state index in [9.17, 15) is 14.0 Å². The first kappa shape index (κ1) is 15.5. The van der Waals surface area contributed by atoms with E-state index in [1.165, 1.54) is 29.5 Å². The second kappa shape index (κ2) is 6.41. The number of nitrogens with one attached hydrogen (secondary N) is 2. The van der Waals surface area contributed by atoms with Gasteiger partial charge in [0.05, 0.1) is 5.92 Å². The number of hydrogen-bond acceptors (Lipinski definition) is 5. The molecule has 0 spiro atoms. The van der Waals surface area contributed by atoms with Gasteiger partial charge < -0.3 is 10.6 Å².